The Kier molecular flexibility index (Phi) is 5.21. The average molecular weight is 462 g/mol. The van der Waals surface area contributed by atoms with Crippen LogP contribution in [0.3, 0.4) is 0 Å². The zero-order valence-corrected chi connectivity index (χ0v) is 18.5. The number of hydrogen-bond donors (Lipinski definition) is 2. The number of carbonyl (C=O) groups is 2. The number of carbonyl (C=O) groups excluding carboxylic acids is 2. The minimum Gasteiger partial charge on any atom is -0.377 e. The van der Waals surface area contributed by atoms with Gasteiger partial charge >= 0.3 is 0 Å². The lowest BCUT2D eigenvalue weighted by atomic mass is 10.1. The lowest BCUT2D eigenvalue weighted by Crippen LogP contribution is -2.37. The Morgan fingerprint density at radius 1 is 1.26 bits per heavy atom. The van der Waals surface area contributed by atoms with E-state index >= 15 is 0 Å². The number of nitrogens with zero attached hydrogens (tertiary/aromatic N) is 4. The van der Waals surface area contributed by atoms with E-state index in [2.05, 4.69) is 16.5 Å². The van der Waals surface area contributed by atoms with Gasteiger partial charge < -0.3 is 20.7 Å². The Labute approximate surface area is 194 Å². The second-order valence-electron chi connectivity index (χ2n) is 8.79. The van der Waals surface area contributed by atoms with Gasteiger partial charge in [-0.25, -0.2) is 8.91 Å². The maximum atomic E-state index is 13.4. The lowest BCUT2D eigenvalue weighted by molar-refractivity contribution is -0.134. The number of fused-ring (bicyclic) bond motifs is 1. The summed E-state index contributed by atoms with van der Waals surface area (Å²) in [5, 5.41) is 17.1. The van der Waals surface area contributed by atoms with Crippen LogP contribution < -0.4 is 11.1 Å². The monoisotopic (exact) mass is 462 g/mol. The normalized spacial score (nSPS) is 20.8. The van der Waals surface area contributed by atoms with Crippen LogP contribution in [0.1, 0.15) is 23.2 Å². The first kappa shape index (κ1) is 21.9. The van der Waals surface area contributed by atoms with Crippen molar-refractivity contribution in [2.75, 3.05) is 25.5 Å². The van der Waals surface area contributed by atoms with Crippen LogP contribution in [0.2, 0.25) is 0 Å². The number of benzene rings is 1. The summed E-state index contributed by atoms with van der Waals surface area (Å²) in [6.45, 7) is 0.657. The van der Waals surface area contributed by atoms with Crippen molar-refractivity contribution >= 4 is 23.0 Å². The highest BCUT2D eigenvalue weighted by Gasteiger charge is 2.54. The third-order valence-electron chi connectivity index (χ3n) is 6.64. The van der Waals surface area contributed by atoms with E-state index in [1.165, 1.54) is 18.3 Å². The summed E-state index contributed by atoms with van der Waals surface area (Å²) in [5.41, 5.74) is 7.57. The third kappa shape index (κ3) is 3.64. The van der Waals surface area contributed by atoms with Crippen molar-refractivity contribution in [1.29, 1.82) is 5.26 Å². The molecule has 0 unspecified atom stereocenters. The van der Waals surface area contributed by atoms with E-state index in [0.717, 1.165) is 11.1 Å². The fraction of sp³-hybridized carbons (Fsp3) is 0.333. The molecule has 0 bridgehead atoms. The molecule has 1 saturated heterocycles. The number of likely N-dealkylation sites (tertiary alicyclic amines) is 1. The quantitative estimate of drug-likeness (QED) is 0.578. The third-order valence-corrected chi connectivity index (χ3v) is 6.64. The van der Waals surface area contributed by atoms with E-state index in [0.29, 0.717) is 37.1 Å². The lowest BCUT2D eigenvalue weighted by Gasteiger charge is -2.21. The number of anilines is 1. The molecule has 0 spiro atoms. The van der Waals surface area contributed by atoms with Crippen molar-refractivity contribution in [1.82, 2.24) is 14.5 Å². The van der Waals surface area contributed by atoms with Crippen molar-refractivity contribution in [3.63, 3.8) is 0 Å². The van der Waals surface area contributed by atoms with Crippen molar-refractivity contribution in [3.05, 3.63) is 54.1 Å². The summed E-state index contributed by atoms with van der Waals surface area (Å²) < 4.78 is 20.6. The summed E-state index contributed by atoms with van der Waals surface area (Å²) >= 11 is 0. The van der Waals surface area contributed by atoms with Crippen LogP contribution in [0, 0.1) is 22.6 Å². The molecular weight excluding hydrogens is 439 g/mol. The molecule has 2 aromatic heterocycles. The van der Waals surface area contributed by atoms with Gasteiger partial charge in [-0.1, -0.05) is 12.1 Å². The minimum atomic E-state index is -0.916. The average Bonchev–Trinajstić information content (AvgIpc) is 3.34. The Balaban J connectivity index is 1.50. The van der Waals surface area contributed by atoms with E-state index < -0.39 is 11.3 Å². The number of nitrogens with one attached hydrogen (secondary N) is 1. The number of primary amides is 1. The highest BCUT2D eigenvalue weighted by molar-refractivity contribution is 6.02. The van der Waals surface area contributed by atoms with Crippen molar-refractivity contribution < 1.29 is 18.7 Å². The molecule has 174 valence electrons. The Hall–Kier alpha value is -3.97. The number of amides is 2. The molecule has 34 heavy (non-hydrogen) atoms. The Morgan fingerprint density at radius 2 is 2.00 bits per heavy atom. The van der Waals surface area contributed by atoms with E-state index in [1.54, 1.807) is 34.9 Å². The van der Waals surface area contributed by atoms with E-state index in [9.17, 15) is 19.2 Å². The summed E-state index contributed by atoms with van der Waals surface area (Å²) in [5.74, 6) is -1.17. The summed E-state index contributed by atoms with van der Waals surface area (Å²) in [6, 6.07) is 9.73. The van der Waals surface area contributed by atoms with Gasteiger partial charge in [0.1, 0.15) is 11.2 Å². The smallest absolute Gasteiger partial charge is 0.252 e. The minimum absolute atomic E-state index is 0.183. The van der Waals surface area contributed by atoms with Gasteiger partial charge in [0.15, 0.2) is 0 Å². The van der Waals surface area contributed by atoms with Crippen LogP contribution in [0.5, 0.6) is 0 Å². The van der Waals surface area contributed by atoms with E-state index in [1.807, 2.05) is 6.07 Å². The SMILES string of the molecule is CO[C@@H]1CN(C(=O)C2(C#N)CC2)C[C@H]1Nc1c(C(N)=O)cnn2cc(-c3ccc(F)cc3)cc12. The molecule has 1 aliphatic carbocycles. The number of nitriles is 1. The molecule has 2 atom stereocenters. The van der Waals surface area contributed by atoms with Crippen LogP contribution in [0.15, 0.2) is 42.7 Å². The zero-order chi connectivity index (χ0) is 24.0. The number of nitrogens with two attached hydrogens (primary N) is 1. The van der Waals surface area contributed by atoms with Crippen LogP contribution in [-0.2, 0) is 9.53 Å². The zero-order valence-electron chi connectivity index (χ0n) is 18.5. The van der Waals surface area contributed by atoms with Gasteiger partial charge in [0.25, 0.3) is 5.91 Å². The Bertz CT molecular complexity index is 1320. The molecule has 5 rings (SSSR count). The molecule has 2 aliphatic rings. The largest absolute Gasteiger partial charge is 0.377 e. The molecule has 2 amide bonds. The molecular formula is C24H23FN6O3. The molecule has 3 N–H and O–H groups in total. The predicted molar refractivity (Wildman–Crippen MR) is 121 cm³/mol. The van der Waals surface area contributed by atoms with Gasteiger partial charge in [-0.05, 0) is 36.6 Å². The summed E-state index contributed by atoms with van der Waals surface area (Å²) in [6.07, 6.45) is 3.96. The van der Waals surface area contributed by atoms with Crippen LogP contribution >= 0.6 is 0 Å². The van der Waals surface area contributed by atoms with Gasteiger partial charge in [0.05, 0.1) is 41.2 Å². The first-order valence-electron chi connectivity index (χ1n) is 10.9. The van der Waals surface area contributed by atoms with Crippen molar-refractivity contribution in [2.24, 2.45) is 11.1 Å². The first-order valence-corrected chi connectivity index (χ1v) is 10.9. The molecule has 1 aliphatic heterocycles. The van der Waals surface area contributed by atoms with Crippen LogP contribution in [-0.4, -0.2) is 58.7 Å². The highest BCUT2D eigenvalue weighted by Crippen LogP contribution is 2.47. The van der Waals surface area contributed by atoms with E-state index in [4.69, 9.17) is 10.5 Å². The summed E-state index contributed by atoms with van der Waals surface area (Å²) in [4.78, 5) is 26.8. The molecule has 0 radical (unpaired) electrons. The van der Waals surface area contributed by atoms with Gasteiger partial charge in [0, 0.05) is 32.0 Å². The molecule has 9 nitrogen and oxygen atoms in total. The maximum absolute atomic E-state index is 13.4. The second-order valence-corrected chi connectivity index (χ2v) is 8.79. The number of halogens is 1. The number of rotatable bonds is 6. The van der Waals surface area contributed by atoms with Crippen molar-refractivity contribution in [3.8, 4) is 17.2 Å². The van der Waals surface area contributed by atoms with Gasteiger partial charge in [-0.15, -0.1) is 0 Å². The highest BCUT2D eigenvalue weighted by atomic mass is 19.1. The standard InChI is InChI=1S/C24H23FN6O3/c1-34-20-12-30(23(33)24(13-26)6-7-24)11-18(20)29-21-17(22(27)32)9-28-31-10-15(8-19(21)31)14-2-4-16(25)5-3-14/h2-5,8-10,18,20,29H,6-7,11-12H2,1H3,(H2,27,32)/t18-,20-/m1/s1. The van der Waals surface area contributed by atoms with E-state index in [-0.39, 0.29) is 29.4 Å². The predicted octanol–water partition coefficient (Wildman–Crippen LogP) is 2.18. The van der Waals surface area contributed by atoms with Crippen LogP contribution in [0.25, 0.3) is 16.6 Å². The molecule has 10 heteroatoms. The van der Waals surface area contributed by atoms with Gasteiger partial charge in [0.2, 0.25) is 5.91 Å². The van der Waals surface area contributed by atoms with Gasteiger partial charge in [-0.2, -0.15) is 10.4 Å². The fourth-order valence-corrected chi connectivity index (χ4v) is 4.50. The van der Waals surface area contributed by atoms with Crippen LogP contribution in [0.4, 0.5) is 10.1 Å². The number of ether oxygens (including phenoxy) is 1. The molecule has 1 saturated carbocycles. The second kappa shape index (κ2) is 8.11. The molecule has 3 heterocycles. The maximum Gasteiger partial charge on any atom is 0.252 e. The molecule has 1 aromatic carbocycles. The topological polar surface area (TPSA) is 126 Å². The Morgan fingerprint density at radius 3 is 2.62 bits per heavy atom. The molecule has 2 fully saturated rings. The number of methoxy groups -OCH3 is 1. The molecule has 3 aromatic rings. The number of aromatic nitrogens is 2. The van der Waals surface area contributed by atoms with Gasteiger partial charge in [-0.3, -0.25) is 9.59 Å². The first-order chi connectivity index (χ1) is 16.3. The van der Waals surface area contributed by atoms with Crippen molar-refractivity contribution in [2.45, 2.75) is 25.0 Å². The fourth-order valence-electron chi connectivity index (χ4n) is 4.50. The summed E-state index contributed by atoms with van der Waals surface area (Å²) in [7, 11) is 1.56. The number of hydrogen-bond acceptors (Lipinski definition) is 6.